The van der Waals surface area contributed by atoms with Gasteiger partial charge in [-0.2, -0.15) is 4.31 Å². The quantitative estimate of drug-likeness (QED) is 0.450. The fourth-order valence-corrected chi connectivity index (χ4v) is 5.55. The number of thioether (sulfide) groups is 1. The zero-order chi connectivity index (χ0) is 24.9. The van der Waals surface area contributed by atoms with Crippen LogP contribution in [0.25, 0.3) is 0 Å². The molecule has 1 aliphatic heterocycles. The van der Waals surface area contributed by atoms with Crippen molar-refractivity contribution in [1.29, 1.82) is 0 Å². The Bertz CT molecular complexity index is 1170. The summed E-state index contributed by atoms with van der Waals surface area (Å²) < 4.78 is 36.8. The number of carbonyl (C=O) groups is 3. The van der Waals surface area contributed by atoms with Crippen molar-refractivity contribution >= 4 is 45.3 Å². The van der Waals surface area contributed by atoms with Crippen molar-refractivity contribution in [3.05, 3.63) is 53.6 Å². The van der Waals surface area contributed by atoms with Crippen LogP contribution in [0, 0.1) is 5.92 Å². The molecule has 0 saturated carbocycles. The molecule has 0 radical (unpaired) electrons. The van der Waals surface area contributed by atoms with E-state index in [9.17, 15) is 22.8 Å². The average molecular weight is 507 g/mol. The average Bonchev–Trinajstić information content (AvgIpc) is 2.87. The summed E-state index contributed by atoms with van der Waals surface area (Å²) in [6.45, 7) is 0.382. The number of carbonyl (C=O) groups excluding carboxylic acids is 3. The summed E-state index contributed by atoms with van der Waals surface area (Å²) in [5, 5.41) is 2.69. The first kappa shape index (κ1) is 25.7. The van der Waals surface area contributed by atoms with Gasteiger partial charge >= 0.3 is 11.9 Å². The molecule has 1 aliphatic rings. The third-order valence-corrected chi connectivity index (χ3v) is 8.28. The van der Waals surface area contributed by atoms with Crippen molar-refractivity contribution in [2.45, 2.75) is 22.6 Å². The van der Waals surface area contributed by atoms with E-state index in [1.807, 2.05) is 6.26 Å². The second-order valence-electron chi connectivity index (χ2n) is 7.59. The lowest BCUT2D eigenvalue weighted by Gasteiger charge is -2.30. The molecule has 1 fully saturated rings. The molecule has 9 nitrogen and oxygen atoms in total. The first-order chi connectivity index (χ1) is 16.2. The molecular weight excluding hydrogens is 480 g/mol. The molecule has 0 aromatic heterocycles. The Labute approximate surface area is 202 Å². The Hall–Kier alpha value is -2.89. The van der Waals surface area contributed by atoms with E-state index in [0.29, 0.717) is 12.8 Å². The minimum atomic E-state index is -3.65. The zero-order valence-corrected chi connectivity index (χ0v) is 20.7. The second-order valence-corrected chi connectivity index (χ2v) is 10.4. The third-order valence-electron chi connectivity index (χ3n) is 5.63. The van der Waals surface area contributed by atoms with Crippen LogP contribution in [0.2, 0.25) is 0 Å². The summed E-state index contributed by atoms with van der Waals surface area (Å²) in [7, 11) is -1.21. The van der Waals surface area contributed by atoms with Crippen LogP contribution in [0.15, 0.2) is 52.3 Å². The summed E-state index contributed by atoms with van der Waals surface area (Å²) in [4.78, 5) is 38.1. The van der Waals surface area contributed by atoms with Gasteiger partial charge in [-0.3, -0.25) is 4.79 Å². The van der Waals surface area contributed by atoms with Crippen molar-refractivity contribution in [2.24, 2.45) is 5.92 Å². The minimum Gasteiger partial charge on any atom is -0.465 e. The van der Waals surface area contributed by atoms with Gasteiger partial charge in [0.05, 0.1) is 35.9 Å². The van der Waals surface area contributed by atoms with Crippen LogP contribution in [0.3, 0.4) is 0 Å². The van der Waals surface area contributed by atoms with E-state index in [1.165, 1.54) is 48.5 Å². The minimum absolute atomic E-state index is 0.0946. The highest BCUT2D eigenvalue weighted by atomic mass is 32.2. The highest BCUT2D eigenvalue weighted by Crippen LogP contribution is 2.27. The van der Waals surface area contributed by atoms with Crippen LogP contribution in [0.4, 0.5) is 5.69 Å². The van der Waals surface area contributed by atoms with Gasteiger partial charge in [0, 0.05) is 23.9 Å². The number of esters is 2. The van der Waals surface area contributed by atoms with E-state index in [1.54, 1.807) is 24.3 Å². The summed E-state index contributed by atoms with van der Waals surface area (Å²) in [6.07, 6.45) is 2.55. The number of benzene rings is 2. The van der Waals surface area contributed by atoms with Crippen molar-refractivity contribution in [1.82, 2.24) is 4.31 Å². The number of amides is 1. The molecule has 0 atom stereocenters. The standard InChI is InChI=1S/C23H26N2O7S2/c1-31-22(27)16-4-9-19(23(28)32-2)20(14-16)24-21(26)15-10-12-25(13-11-15)34(29,30)18-7-5-17(33-3)6-8-18/h4-9,14-15H,10-13H2,1-3H3,(H,24,26). The fraction of sp³-hybridized carbons (Fsp3) is 0.348. The highest BCUT2D eigenvalue weighted by Gasteiger charge is 2.32. The van der Waals surface area contributed by atoms with Gasteiger partial charge in [0.15, 0.2) is 0 Å². The largest absolute Gasteiger partial charge is 0.465 e. The van der Waals surface area contributed by atoms with Crippen molar-refractivity contribution in [2.75, 3.05) is 38.9 Å². The van der Waals surface area contributed by atoms with Gasteiger partial charge in [0.25, 0.3) is 0 Å². The second kappa shape index (κ2) is 11.0. The van der Waals surface area contributed by atoms with E-state index in [0.717, 1.165) is 4.90 Å². The van der Waals surface area contributed by atoms with E-state index >= 15 is 0 Å². The predicted octanol–water partition coefficient (Wildman–Crippen LogP) is 3.02. The Kier molecular flexibility index (Phi) is 8.34. The number of methoxy groups -OCH3 is 2. The number of rotatable bonds is 7. The molecule has 11 heteroatoms. The van der Waals surface area contributed by atoms with Gasteiger partial charge in [-0.25, -0.2) is 18.0 Å². The van der Waals surface area contributed by atoms with Gasteiger partial charge in [-0.05, 0) is 61.6 Å². The Morgan fingerprint density at radius 1 is 0.971 bits per heavy atom. The number of ether oxygens (including phenoxy) is 2. The molecule has 0 aliphatic carbocycles. The summed E-state index contributed by atoms with van der Waals surface area (Å²) in [6, 6.07) is 10.8. The van der Waals surface area contributed by atoms with Gasteiger partial charge in [0.2, 0.25) is 15.9 Å². The Balaban J connectivity index is 1.71. The van der Waals surface area contributed by atoms with Crippen LogP contribution in [-0.2, 0) is 24.3 Å². The van der Waals surface area contributed by atoms with Gasteiger partial charge in [-0.15, -0.1) is 11.8 Å². The normalized spacial score (nSPS) is 14.9. The van der Waals surface area contributed by atoms with E-state index in [2.05, 4.69) is 5.32 Å². The Morgan fingerprint density at radius 2 is 1.59 bits per heavy atom. The molecular formula is C23H26N2O7S2. The molecule has 2 aromatic rings. The smallest absolute Gasteiger partial charge is 0.339 e. The SMILES string of the molecule is COC(=O)c1ccc(C(=O)OC)c(NC(=O)C2CCN(S(=O)(=O)c3ccc(SC)cc3)CC2)c1. The molecule has 3 rings (SSSR count). The third kappa shape index (κ3) is 5.60. The zero-order valence-electron chi connectivity index (χ0n) is 19.1. The molecule has 182 valence electrons. The number of nitrogens with one attached hydrogen (secondary N) is 1. The molecule has 2 aromatic carbocycles. The van der Waals surface area contributed by atoms with E-state index < -0.39 is 27.9 Å². The van der Waals surface area contributed by atoms with E-state index in [-0.39, 0.29) is 40.7 Å². The number of sulfonamides is 1. The molecule has 1 heterocycles. The molecule has 1 N–H and O–H groups in total. The summed E-state index contributed by atoms with van der Waals surface area (Å²) >= 11 is 1.53. The molecule has 1 amide bonds. The van der Waals surface area contributed by atoms with Gasteiger partial charge in [-0.1, -0.05) is 0 Å². The fourth-order valence-electron chi connectivity index (χ4n) is 3.67. The lowest BCUT2D eigenvalue weighted by molar-refractivity contribution is -0.120. The van der Waals surface area contributed by atoms with Crippen molar-refractivity contribution in [3.8, 4) is 0 Å². The van der Waals surface area contributed by atoms with Crippen LogP contribution in [-0.4, -0.2) is 64.1 Å². The monoisotopic (exact) mass is 506 g/mol. The van der Waals surface area contributed by atoms with Crippen molar-refractivity contribution in [3.63, 3.8) is 0 Å². The van der Waals surface area contributed by atoms with Crippen LogP contribution in [0.5, 0.6) is 0 Å². The number of hydrogen-bond acceptors (Lipinski definition) is 8. The Morgan fingerprint density at radius 3 is 2.15 bits per heavy atom. The first-order valence-electron chi connectivity index (χ1n) is 10.5. The maximum Gasteiger partial charge on any atom is 0.339 e. The maximum atomic E-state index is 13.0. The first-order valence-corrected chi connectivity index (χ1v) is 13.1. The van der Waals surface area contributed by atoms with Crippen LogP contribution in [0.1, 0.15) is 33.6 Å². The maximum absolute atomic E-state index is 13.0. The van der Waals surface area contributed by atoms with Crippen LogP contribution < -0.4 is 5.32 Å². The lowest BCUT2D eigenvalue weighted by atomic mass is 9.97. The number of hydrogen-bond donors (Lipinski definition) is 1. The summed E-state index contributed by atoms with van der Waals surface area (Å²) in [5.74, 6) is -2.11. The lowest BCUT2D eigenvalue weighted by Crippen LogP contribution is -2.41. The number of piperidine rings is 1. The topological polar surface area (TPSA) is 119 Å². The van der Waals surface area contributed by atoms with Crippen LogP contribution >= 0.6 is 11.8 Å². The van der Waals surface area contributed by atoms with E-state index in [4.69, 9.17) is 9.47 Å². The predicted molar refractivity (Wildman–Crippen MR) is 127 cm³/mol. The summed E-state index contributed by atoms with van der Waals surface area (Å²) in [5.41, 5.74) is 0.389. The van der Waals surface area contributed by atoms with Gasteiger partial charge < -0.3 is 14.8 Å². The molecule has 0 unspecified atom stereocenters. The van der Waals surface area contributed by atoms with Crippen molar-refractivity contribution < 1.29 is 32.3 Å². The molecule has 1 saturated heterocycles. The number of anilines is 1. The molecule has 0 bridgehead atoms. The number of nitrogens with zero attached hydrogens (tertiary/aromatic N) is 1. The molecule has 0 spiro atoms. The highest BCUT2D eigenvalue weighted by molar-refractivity contribution is 7.98. The molecule has 34 heavy (non-hydrogen) atoms. The van der Waals surface area contributed by atoms with Gasteiger partial charge in [0.1, 0.15) is 0 Å².